The molecular weight excluding hydrogens is 326 g/mol. The largest absolute Gasteiger partial charge is 0.376 e. The molecule has 2 aromatic carbocycles. The van der Waals surface area contributed by atoms with Gasteiger partial charge in [-0.05, 0) is 75.2 Å². The van der Waals surface area contributed by atoms with Crippen molar-refractivity contribution >= 4 is 23.2 Å². The standard InChI is InChI=1S/C21H27N3O2/c1-5-24(6-2)21(26)17-7-9-18(10-8-17)23-20(25)14-22-19-12-15(3)11-16(4)13-19/h7-13,22H,5-6,14H2,1-4H3,(H,23,25). The highest BCUT2D eigenvalue weighted by Crippen LogP contribution is 2.14. The summed E-state index contributed by atoms with van der Waals surface area (Å²) >= 11 is 0. The molecule has 0 aliphatic carbocycles. The first-order valence-electron chi connectivity index (χ1n) is 8.94. The molecule has 0 radical (unpaired) electrons. The van der Waals surface area contributed by atoms with Gasteiger partial charge >= 0.3 is 0 Å². The minimum atomic E-state index is -0.132. The SMILES string of the molecule is CCN(CC)C(=O)c1ccc(NC(=O)CNc2cc(C)cc(C)c2)cc1. The van der Waals surface area contributed by atoms with E-state index in [2.05, 4.69) is 16.7 Å². The van der Waals surface area contributed by atoms with E-state index in [4.69, 9.17) is 0 Å². The first-order valence-corrected chi connectivity index (χ1v) is 8.94. The van der Waals surface area contributed by atoms with Crippen molar-refractivity contribution in [3.63, 3.8) is 0 Å². The van der Waals surface area contributed by atoms with Gasteiger partial charge in [-0.15, -0.1) is 0 Å². The molecular formula is C21H27N3O2. The zero-order valence-electron chi connectivity index (χ0n) is 15.9. The van der Waals surface area contributed by atoms with Crippen molar-refractivity contribution in [2.45, 2.75) is 27.7 Å². The highest BCUT2D eigenvalue weighted by molar-refractivity contribution is 5.96. The van der Waals surface area contributed by atoms with Gasteiger partial charge in [0.05, 0.1) is 6.54 Å². The van der Waals surface area contributed by atoms with Gasteiger partial charge in [-0.1, -0.05) is 6.07 Å². The maximum atomic E-state index is 12.3. The van der Waals surface area contributed by atoms with Crippen LogP contribution in [0.3, 0.4) is 0 Å². The quantitative estimate of drug-likeness (QED) is 0.795. The van der Waals surface area contributed by atoms with Crippen LogP contribution < -0.4 is 10.6 Å². The number of hydrogen-bond donors (Lipinski definition) is 2. The van der Waals surface area contributed by atoms with E-state index in [1.54, 1.807) is 29.2 Å². The molecule has 2 amide bonds. The van der Waals surface area contributed by atoms with Gasteiger partial charge < -0.3 is 15.5 Å². The van der Waals surface area contributed by atoms with E-state index < -0.39 is 0 Å². The van der Waals surface area contributed by atoms with E-state index in [1.807, 2.05) is 39.8 Å². The van der Waals surface area contributed by atoms with Crippen molar-refractivity contribution < 1.29 is 9.59 Å². The van der Waals surface area contributed by atoms with Crippen LogP contribution in [0.1, 0.15) is 35.3 Å². The van der Waals surface area contributed by atoms with Gasteiger partial charge in [0.15, 0.2) is 0 Å². The molecule has 0 aliphatic rings. The normalized spacial score (nSPS) is 10.3. The summed E-state index contributed by atoms with van der Waals surface area (Å²) in [6.45, 7) is 9.51. The average molecular weight is 353 g/mol. The maximum Gasteiger partial charge on any atom is 0.253 e. The van der Waals surface area contributed by atoms with Crippen LogP contribution in [0, 0.1) is 13.8 Å². The fourth-order valence-electron chi connectivity index (χ4n) is 2.85. The zero-order chi connectivity index (χ0) is 19.1. The summed E-state index contributed by atoms with van der Waals surface area (Å²) in [5.41, 5.74) is 4.54. The molecule has 0 unspecified atom stereocenters. The molecule has 0 fully saturated rings. The summed E-state index contributed by atoms with van der Waals surface area (Å²) in [4.78, 5) is 26.2. The van der Waals surface area contributed by atoms with Crippen molar-refractivity contribution in [3.05, 3.63) is 59.2 Å². The molecule has 0 saturated carbocycles. The summed E-state index contributed by atoms with van der Waals surface area (Å²) < 4.78 is 0. The molecule has 26 heavy (non-hydrogen) atoms. The van der Waals surface area contributed by atoms with Gasteiger partial charge in [0, 0.05) is 30.0 Å². The Labute approximate surface area is 155 Å². The lowest BCUT2D eigenvalue weighted by Crippen LogP contribution is -2.30. The number of anilines is 2. The number of amides is 2. The lowest BCUT2D eigenvalue weighted by atomic mass is 10.1. The molecule has 0 aliphatic heterocycles. The molecule has 0 heterocycles. The smallest absolute Gasteiger partial charge is 0.253 e. The molecule has 2 aromatic rings. The number of hydrogen-bond acceptors (Lipinski definition) is 3. The predicted molar refractivity (Wildman–Crippen MR) is 107 cm³/mol. The van der Waals surface area contributed by atoms with E-state index in [0.717, 1.165) is 16.8 Å². The minimum Gasteiger partial charge on any atom is -0.376 e. The Morgan fingerprint density at radius 2 is 1.46 bits per heavy atom. The van der Waals surface area contributed by atoms with Gasteiger partial charge in [0.1, 0.15) is 0 Å². The summed E-state index contributed by atoms with van der Waals surface area (Å²) in [5, 5.41) is 5.97. The number of rotatable bonds is 7. The predicted octanol–water partition coefficient (Wildman–Crippen LogP) is 3.84. The maximum absolute atomic E-state index is 12.3. The number of nitrogens with one attached hydrogen (secondary N) is 2. The van der Waals surface area contributed by atoms with Crippen molar-refractivity contribution in [2.24, 2.45) is 0 Å². The number of benzene rings is 2. The van der Waals surface area contributed by atoms with Gasteiger partial charge in [-0.3, -0.25) is 9.59 Å². The van der Waals surface area contributed by atoms with E-state index in [0.29, 0.717) is 24.3 Å². The second kappa shape index (κ2) is 9.04. The van der Waals surface area contributed by atoms with E-state index in [-0.39, 0.29) is 18.4 Å². The van der Waals surface area contributed by atoms with E-state index >= 15 is 0 Å². The lowest BCUT2D eigenvalue weighted by molar-refractivity contribution is -0.114. The first kappa shape index (κ1) is 19.5. The van der Waals surface area contributed by atoms with Crippen LogP contribution in [-0.4, -0.2) is 36.3 Å². The number of carbonyl (C=O) groups is 2. The number of aryl methyl sites for hydroxylation is 2. The van der Waals surface area contributed by atoms with Crippen LogP contribution in [0.5, 0.6) is 0 Å². The molecule has 0 spiro atoms. The van der Waals surface area contributed by atoms with Gasteiger partial charge in [-0.25, -0.2) is 0 Å². The summed E-state index contributed by atoms with van der Waals surface area (Å²) in [6.07, 6.45) is 0. The first-order chi connectivity index (χ1) is 12.4. The van der Waals surface area contributed by atoms with Crippen molar-refractivity contribution in [3.8, 4) is 0 Å². The third-order valence-corrected chi connectivity index (χ3v) is 4.14. The third kappa shape index (κ3) is 5.34. The second-order valence-corrected chi connectivity index (χ2v) is 6.33. The minimum absolute atomic E-state index is 0.00404. The average Bonchev–Trinajstić information content (AvgIpc) is 2.61. The van der Waals surface area contributed by atoms with Crippen LogP contribution in [0.15, 0.2) is 42.5 Å². The highest BCUT2D eigenvalue weighted by Gasteiger charge is 2.12. The van der Waals surface area contributed by atoms with Crippen LogP contribution >= 0.6 is 0 Å². The zero-order valence-corrected chi connectivity index (χ0v) is 15.9. The topological polar surface area (TPSA) is 61.4 Å². The summed E-state index contributed by atoms with van der Waals surface area (Å²) in [5.74, 6) is -0.128. The molecule has 138 valence electrons. The molecule has 5 heteroatoms. The molecule has 5 nitrogen and oxygen atoms in total. The fraction of sp³-hybridized carbons (Fsp3) is 0.333. The van der Waals surface area contributed by atoms with E-state index in [9.17, 15) is 9.59 Å². The Morgan fingerprint density at radius 1 is 0.885 bits per heavy atom. The van der Waals surface area contributed by atoms with Crippen molar-refractivity contribution in [2.75, 3.05) is 30.3 Å². The Bertz CT molecular complexity index is 745. The summed E-state index contributed by atoms with van der Waals surface area (Å²) in [7, 11) is 0. The molecule has 0 saturated heterocycles. The van der Waals surface area contributed by atoms with E-state index in [1.165, 1.54) is 0 Å². The Hall–Kier alpha value is -2.82. The lowest BCUT2D eigenvalue weighted by Gasteiger charge is -2.18. The highest BCUT2D eigenvalue weighted by atomic mass is 16.2. The third-order valence-electron chi connectivity index (χ3n) is 4.14. The number of carbonyl (C=O) groups excluding carboxylic acids is 2. The van der Waals surface area contributed by atoms with Crippen molar-refractivity contribution in [1.82, 2.24) is 4.90 Å². The molecule has 0 atom stereocenters. The Morgan fingerprint density at radius 3 is 2.00 bits per heavy atom. The van der Waals surface area contributed by atoms with Crippen molar-refractivity contribution in [1.29, 1.82) is 0 Å². The molecule has 2 rings (SSSR count). The molecule has 0 aromatic heterocycles. The molecule has 0 bridgehead atoms. The second-order valence-electron chi connectivity index (χ2n) is 6.33. The Kier molecular flexibility index (Phi) is 6.78. The monoisotopic (exact) mass is 353 g/mol. The van der Waals surface area contributed by atoms with Crippen LogP contribution in [-0.2, 0) is 4.79 Å². The Balaban J connectivity index is 1.92. The molecule has 2 N–H and O–H groups in total. The summed E-state index contributed by atoms with van der Waals surface area (Å²) in [6, 6.07) is 13.1. The van der Waals surface area contributed by atoms with Crippen LogP contribution in [0.2, 0.25) is 0 Å². The van der Waals surface area contributed by atoms with Crippen LogP contribution in [0.25, 0.3) is 0 Å². The van der Waals surface area contributed by atoms with Gasteiger partial charge in [0.25, 0.3) is 5.91 Å². The van der Waals surface area contributed by atoms with Gasteiger partial charge in [0.2, 0.25) is 5.91 Å². The van der Waals surface area contributed by atoms with Gasteiger partial charge in [-0.2, -0.15) is 0 Å². The van der Waals surface area contributed by atoms with Crippen LogP contribution in [0.4, 0.5) is 11.4 Å². The number of nitrogens with zero attached hydrogens (tertiary/aromatic N) is 1. The fourth-order valence-corrected chi connectivity index (χ4v) is 2.85.